The van der Waals surface area contributed by atoms with Crippen molar-refractivity contribution in [2.45, 2.75) is 275 Å². The van der Waals surface area contributed by atoms with Gasteiger partial charge in [-0.3, -0.25) is 9.59 Å². The molecule has 1 rings (SSSR count). The van der Waals surface area contributed by atoms with E-state index in [9.17, 15) is 35.1 Å². The third kappa shape index (κ3) is 39.3. The Kier molecular flexibility index (Phi) is 45.9. The fourth-order valence-electron chi connectivity index (χ4n) is 8.44. The molecular weight excluding hydrogens is 895 g/mol. The number of carbonyl (C=O) groups is 2. The van der Waals surface area contributed by atoms with Crippen molar-refractivity contribution in [1.29, 1.82) is 0 Å². The van der Waals surface area contributed by atoms with E-state index in [-0.39, 0.29) is 18.5 Å². The summed E-state index contributed by atoms with van der Waals surface area (Å²) in [6.07, 6.45) is 54.5. The Hall–Kier alpha value is -2.90. The van der Waals surface area contributed by atoms with Crippen LogP contribution in [0.1, 0.15) is 232 Å². The van der Waals surface area contributed by atoms with Crippen LogP contribution in [0.2, 0.25) is 0 Å². The molecule has 1 aliphatic rings. The second-order valence-electron chi connectivity index (χ2n) is 19.6. The quantitative estimate of drug-likeness (QED) is 0.0196. The molecule has 0 bridgehead atoms. The van der Waals surface area contributed by atoms with Gasteiger partial charge in [0.25, 0.3) is 0 Å². The molecule has 0 aliphatic carbocycles. The van der Waals surface area contributed by atoms with Crippen LogP contribution >= 0.6 is 0 Å². The number of esters is 1. The number of unbranched alkanes of at least 4 members (excludes halogenated alkanes) is 24. The van der Waals surface area contributed by atoms with Gasteiger partial charge in [0.2, 0.25) is 5.91 Å². The number of nitrogens with one attached hydrogen (secondary N) is 1. The van der Waals surface area contributed by atoms with Crippen LogP contribution in [-0.4, -0.2) is 100 Å². The first-order valence-electron chi connectivity index (χ1n) is 28.7. The van der Waals surface area contributed by atoms with Crippen molar-refractivity contribution in [3.05, 3.63) is 72.9 Å². The van der Waals surface area contributed by atoms with Crippen LogP contribution in [0, 0.1) is 0 Å². The van der Waals surface area contributed by atoms with Crippen molar-refractivity contribution in [3.63, 3.8) is 0 Å². The Morgan fingerprint density at radius 3 is 1.54 bits per heavy atom. The molecule has 7 unspecified atom stereocenters. The SMILES string of the molecule is CCC/C=C\C/C=C\CCCCCCCC(=O)OCC/C=C\C/C=C\CCCCCCCCCCCCCCCCC(=O)NC(COC1OC(CO)C(O)C(O)C1O)C(O)/C=C/CC/C=C/CCCCC. The smallest absolute Gasteiger partial charge is 0.305 e. The van der Waals surface area contributed by atoms with Gasteiger partial charge in [-0.15, -0.1) is 0 Å². The highest BCUT2D eigenvalue weighted by Gasteiger charge is 2.44. The summed E-state index contributed by atoms with van der Waals surface area (Å²) in [6.45, 7) is 4.07. The van der Waals surface area contributed by atoms with Crippen molar-refractivity contribution >= 4 is 11.9 Å². The second kappa shape index (κ2) is 49.3. The van der Waals surface area contributed by atoms with Crippen LogP contribution in [0.15, 0.2) is 72.9 Å². The van der Waals surface area contributed by atoms with E-state index in [1.165, 1.54) is 116 Å². The highest BCUT2D eigenvalue weighted by Crippen LogP contribution is 2.23. The van der Waals surface area contributed by atoms with Gasteiger partial charge in [-0.1, -0.05) is 202 Å². The lowest BCUT2D eigenvalue weighted by atomic mass is 9.99. The van der Waals surface area contributed by atoms with Crippen LogP contribution in [-0.2, 0) is 23.8 Å². The van der Waals surface area contributed by atoms with E-state index >= 15 is 0 Å². The first-order chi connectivity index (χ1) is 34.7. The van der Waals surface area contributed by atoms with E-state index in [1.54, 1.807) is 6.08 Å². The van der Waals surface area contributed by atoms with E-state index in [4.69, 9.17) is 14.2 Å². The standard InChI is InChI=1S/C60H105NO10/c1-3-5-7-9-11-13-14-24-28-32-36-40-44-48-56(65)69-49-45-41-37-33-29-26-23-21-19-17-15-16-18-20-22-25-27-31-35-39-43-47-55(64)61-52(53(63)46-42-38-34-30-12-10-8-6-4-2)51-70-60-59(68)58(67)57(66)54(50-62)71-60/h7,9,12-14,26,29-30,37,41-42,46,52-54,57-60,62-63,66-68H,3-6,8,10-11,15-25,27-28,31-36,38-40,43-45,47-51H2,1-2H3,(H,61,64)/b9-7-,14-13-,29-26-,30-12+,41-37-,46-42+. The third-order valence-corrected chi connectivity index (χ3v) is 13.0. The predicted molar refractivity (Wildman–Crippen MR) is 292 cm³/mol. The zero-order valence-electron chi connectivity index (χ0n) is 44.9. The fraction of sp³-hybridized carbons (Fsp3) is 0.767. The minimum absolute atomic E-state index is 0.0656. The summed E-state index contributed by atoms with van der Waals surface area (Å²) in [4.78, 5) is 25.0. The normalized spacial score (nSPS) is 19.7. The van der Waals surface area contributed by atoms with Crippen LogP contribution < -0.4 is 5.32 Å². The summed E-state index contributed by atoms with van der Waals surface area (Å²) in [7, 11) is 0. The molecule has 0 aromatic heterocycles. The number of amides is 1. The van der Waals surface area contributed by atoms with E-state index in [1.807, 2.05) is 6.08 Å². The van der Waals surface area contributed by atoms with Crippen molar-refractivity contribution < 1.29 is 49.3 Å². The molecule has 11 nitrogen and oxygen atoms in total. The van der Waals surface area contributed by atoms with Gasteiger partial charge in [0.15, 0.2) is 6.29 Å². The van der Waals surface area contributed by atoms with Gasteiger partial charge in [-0.25, -0.2) is 0 Å². The molecule has 1 saturated heterocycles. The Morgan fingerprint density at radius 1 is 0.521 bits per heavy atom. The number of allylic oxidation sites excluding steroid dienone is 10. The highest BCUT2D eigenvalue weighted by atomic mass is 16.7. The van der Waals surface area contributed by atoms with Gasteiger partial charge < -0.3 is 45.1 Å². The van der Waals surface area contributed by atoms with Gasteiger partial charge in [0, 0.05) is 12.8 Å². The van der Waals surface area contributed by atoms with Crippen molar-refractivity contribution in [1.82, 2.24) is 5.32 Å². The summed E-state index contributed by atoms with van der Waals surface area (Å²) in [5.41, 5.74) is 0. The maximum atomic E-state index is 13.0. The average Bonchev–Trinajstić information content (AvgIpc) is 3.37. The molecular formula is C60H105NO10. The zero-order chi connectivity index (χ0) is 51.7. The number of hydrogen-bond donors (Lipinski definition) is 6. The van der Waals surface area contributed by atoms with Gasteiger partial charge in [-0.05, 0) is 89.9 Å². The highest BCUT2D eigenvalue weighted by molar-refractivity contribution is 5.76. The lowest BCUT2D eigenvalue weighted by Crippen LogP contribution is -2.60. The Balaban J connectivity index is 2.06. The van der Waals surface area contributed by atoms with E-state index in [2.05, 4.69) is 79.9 Å². The van der Waals surface area contributed by atoms with Crippen LogP contribution in [0.5, 0.6) is 0 Å². The van der Waals surface area contributed by atoms with Crippen molar-refractivity contribution in [2.24, 2.45) is 0 Å². The monoisotopic (exact) mass is 1000 g/mol. The Morgan fingerprint density at radius 2 is 0.986 bits per heavy atom. The molecule has 410 valence electrons. The third-order valence-electron chi connectivity index (χ3n) is 13.0. The molecule has 1 amide bonds. The topological polar surface area (TPSA) is 175 Å². The van der Waals surface area contributed by atoms with E-state index in [0.29, 0.717) is 19.4 Å². The molecule has 1 fully saturated rings. The molecule has 71 heavy (non-hydrogen) atoms. The number of ether oxygens (including phenoxy) is 3. The van der Waals surface area contributed by atoms with Gasteiger partial charge in [-0.2, -0.15) is 0 Å². The molecule has 0 saturated carbocycles. The summed E-state index contributed by atoms with van der Waals surface area (Å²) in [5.74, 6) is -0.267. The molecule has 0 spiro atoms. The largest absolute Gasteiger partial charge is 0.465 e. The molecule has 1 heterocycles. The van der Waals surface area contributed by atoms with Crippen molar-refractivity contribution in [2.75, 3.05) is 19.8 Å². The maximum Gasteiger partial charge on any atom is 0.305 e. The molecule has 0 aromatic rings. The molecule has 7 atom stereocenters. The number of carbonyl (C=O) groups excluding carboxylic acids is 2. The number of rotatable bonds is 48. The Labute approximate surface area is 432 Å². The zero-order valence-corrected chi connectivity index (χ0v) is 44.9. The van der Waals surface area contributed by atoms with Crippen LogP contribution in [0.3, 0.4) is 0 Å². The van der Waals surface area contributed by atoms with Crippen LogP contribution in [0.4, 0.5) is 0 Å². The molecule has 11 heteroatoms. The van der Waals surface area contributed by atoms with Gasteiger partial charge in [0.05, 0.1) is 32.0 Å². The first kappa shape index (κ1) is 66.1. The fourth-order valence-corrected chi connectivity index (χ4v) is 8.44. The van der Waals surface area contributed by atoms with E-state index in [0.717, 1.165) is 89.9 Å². The van der Waals surface area contributed by atoms with E-state index < -0.39 is 49.5 Å². The number of hydrogen-bond acceptors (Lipinski definition) is 10. The minimum Gasteiger partial charge on any atom is -0.465 e. The minimum atomic E-state index is -1.58. The molecule has 6 N–H and O–H groups in total. The van der Waals surface area contributed by atoms with Gasteiger partial charge >= 0.3 is 5.97 Å². The van der Waals surface area contributed by atoms with Crippen molar-refractivity contribution in [3.8, 4) is 0 Å². The molecule has 0 aromatic carbocycles. The lowest BCUT2D eigenvalue weighted by Gasteiger charge is -2.40. The summed E-state index contributed by atoms with van der Waals surface area (Å²) >= 11 is 0. The summed E-state index contributed by atoms with van der Waals surface area (Å²) in [6, 6.07) is -0.832. The maximum absolute atomic E-state index is 13.0. The Bertz CT molecular complexity index is 1410. The summed E-state index contributed by atoms with van der Waals surface area (Å²) in [5, 5.41) is 54.1. The molecule has 0 radical (unpaired) electrons. The second-order valence-corrected chi connectivity index (χ2v) is 19.6. The molecule has 1 aliphatic heterocycles. The summed E-state index contributed by atoms with van der Waals surface area (Å²) < 4.78 is 16.6. The first-order valence-corrected chi connectivity index (χ1v) is 28.7. The lowest BCUT2D eigenvalue weighted by molar-refractivity contribution is -0.302. The average molecular weight is 1000 g/mol. The van der Waals surface area contributed by atoms with Gasteiger partial charge in [0.1, 0.15) is 24.4 Å². The number of aliphatic hydroxyl groups excluding tert-OH is 5. The van der Waals surface area contributed by atoms with Crippen LogP contribution in [0.25, 0.3) is 0 Å². The number of aliphatic hydroxyl groups is 5. The predicted octanol–water partition coefficient (Wildman–Crippen LogP) is 12.8.